The van der Waals surface area contributed by atoms with E-state index in [1.807, 2.05) is 6.92 Å². The predicted molar refractivity (Wildman–Crippen MR) is 126 cm³/mol. The summed E-state index contributed by atoms with van der Waals surface area (Å²) in [5.41, 5.74) is 2.06. The van der Waals surface area contributed by atoms with Gasteiger partial charge < -0.3 is 0 Å². The van der Waals surface area contributed by atoms with Gasteiger partial charge in [0.2, 0.25) is 0 Å². The van der Waals surface area contributed by atoms with Crippen molar-refractivity contribution in [2.75, 3.05) is 0 Å². The summed E-state index contributed by atoms with van der Waals surface area (Å²) in [6.07, 6.45) is 0.585. The van der Waals surface area contributed by atoms with Gasteiger partial charge in [0, 0.05) is 17.4 Å². The first-order valence-corrected chi connectivity index (χ1v) is 12.0. The van der Waals surface area contributed by atoms with E-state index >= 15 is 0 Å². The van der Waals surface area contributed by atoms with Gasteiger partial charge in [-0.2, -0.15) is 0 Å². The number of carbonyl (C=O) groups is 1. The fraction of sp³-hybridized carbons (Fsp3) is 0.222. The Morgan fingerprint density at radius 1 is 0.724 bits per heavy atom. The van der Waals surface area contributed by atoms with Gasteiger partial charge in [-0.05, 0) is 49.7 Å². The zero-order chi connectivity index (χ0) is 20.6. The number of aryl methyl sites for hydroxylation is 1. The molecule has 1 nitrogen and oxygen atoms in total. The highest BCUT2D eigenvalue weighted by Crippen LogP contribution is 2.71. The zero-order valence-corrected chi connectivity index (χ0v) is 18.5. The summed E-state index contributed by atoms with van der Waals surface area (Å²) in [5.74, 6) is 0.287. The van der Waals surface area contributed by atoms with Gasteiger partial charge in [0.15, 0.2) is 5.78 Å². The van der Waals surface area contributed by atoms with Crippen LogP contribution in [0.15, 0.2) is 95.8 Å². The summed E-state index contributed by atoms with van der Waals surface area (Å²) in [6, 6.07) is 30.4. The average molecular weight is 399 g/mol. The number of allylic oxidation sites excluding steroid dienone is 2. The number of ketones is 1. The molecule has 0 N–H and O–H groups in total. The standard InChI is InChI=1S/C27H28OP/c1-20-13-11-12-18-25(20)29(22-14-7-5-8-15-22,23-16-9-6-10-17-23)26-21(2)24(28)19-27(26,3)4/h5-18H,19H2,1-4H3/q+1. The Balaban J connectivity index is 2.23. The van der Waals surface area contributed by atoms with Crippen molar-refractivity contribution in [2.24, 2.45) is 5.41 Å². The highest BCUT2D eigenvalue weighted by atomic mass is 31.2. The van der Waals surface area contributed by atoms with Crippen LogP contribution in [0.25, 0.3) is 0 Å². The molecule has 0 atom stereocenters. The summed E-state index contributed by atoms with van der Waals surface area (Å²) < 4.78 is 0. The predicted octanol–water partition coefficient (Wildman–Crippen LogP) is 5.56. The van der Waals surface area contributed by atoms with Crippen molar-refractivity contribution in [1.82, 2.24) is 0 Å². The first kappa shape index (κ1) is 19.8. The second kappa shape index (κ2) is 7.39. The lowest BCUT2D eigenvalue weighted by molar-refractivity contribution is -0.115. The molecule has 0 aromatic heterocycles. The van der Waals surface area contributed by atoms with Gasteiger partial charge in [-0.15, -0.1) is 0 Å². The molecule has 0 saturated heterocycles. The molecule has 0 fully saturated rings. The molecule has 1 aliphatic rings. The fourth-order valence-corrected chi connectivity index (χ4v) is 10.4. The lowest BCUT2D eigenvalue weighted by Crippen LogP contribution is -2.36. The van der Waals surface area contributed by atoms with E-state index in [1.165, 1.54) is 26.8 Å². The third kappa shape index (κ3) is 3.09. The van der Waals surface area contributed by atoms with E-state index in [0.717, 1.165) is 5.57 Å². The van der Waals surface area contributed by atoms with Crippen LogP contribution in [0.4, 0.5) is 0 Å². The van der Waals surface area contributed by atoms with Gasteiger partial charge in [0.1, 0.15) is 23.2 Å². The second-order valence-corrected chi connectivity index (χ2v) is 11.9. The van der Waals surface area contributed by atoms with Crippen molar-refractivity contribution in [3.05, 3.63) is 101 Å². The van der Waals surface area contributed by atoms with Crippen LogP contribution < -0.4 is 15.9 Å². The number of carbonyl (C=O) groups excluding carboxylic acids is 1. The second-order valence-electron chi connectivity index (χ2n) is 8.59. The van der Waals surface area contributed by atoms with Crippen molar-refractivity contribution in [3.8, 4) is 0 Å². The van der Waals surface area contributed by atoms with Crippen LogP contribution in [-0.2, 0) is 4.79 Å². The molecule has 0 spiro atoms. The summed E-state index contributed by atoms with van der Waals surface area (Å²) >= 11 is 0. The molecule has 0 saturated carbocycles. The normalized spacial score (nSPS) is 16.3. The third-order valence-corrected chi connectivity index (χ3v) is 11.1. The summed E-state index contributed by atoms with van der Waals surface area (Å²) in [6.45, 7) is 8.74. The van der Waals surface area contributed by atoms with Crippen LogP contribution in [-0.4, -0.2) is 5.78 Å². The lowest BCUT2D eigenvalue weighted by atomic mass is 9.93. The number of hydrogen-bond acceptors (Lipinski definition) is 1. The molecule has 2 heteroatoms. The van der Waals surface area contributed by atoms with Gasteiger partial charge >= 0.3 is 0 Å². The highest BCUT2D eigenvalue weighted by Gasteiger charge is 2.59. The van der Waals surface area contributed by atoms with Crippen molar-refractivity contribution in [1.29, 1.82) is 0 Å². The monoisotopic (exact) mass is 399 g/mol. The SMILES string of the molecule is CC1=C([P+](c2ccccc2)(c2ccccc2)c2ccccc2C)C(C)(C)CC1=O. The quantitative estimate of drug-likeness (QED) is 0.525. The van der Waals surface area contributed by atoms with E-state index in [9.17, 15) is 4.79 Å². The zero-order valence-electron chi connectivity index (χ0n) is 17.6. The first-order valence-electron chi connectivity index (χ1n) is 10.2. The van der Waals surface area contributed by atoms with Gasteiger partial charge in [-0.1, -0.05) is 68.4 Å². The molecule has 146 valence electrons. The van der Waals surface area contributed by atoms with Crippen LogP contribution in [0.2, 0.25) is 0 Å². The Kier molecular flexibility index (Phi) is 5.05. The maximum absolute atomic E-state index is 13.0. The van der Waals surface area contributed by atoms with E-state index in [1.54, 1.807) is 0 Å². The molecule has 0 aliphatic heterocycles. The maximum Gasteiger partial charge on any atom is 0.163 e. The average Bonchev–Trinajstić information content (AvgIpc) is 2.93. The first-order chi connectivity index (χ1) is 13.9. The Morgan fingerprint density at radius 3 is 1.66 bits per heavy atom. The Bertz CT molecular complexity index is 1040. The smallest absolute Gasteiger partial charge is 0.163 e. The minimum Gasteiger partial charge on any atom is -0.294 e. The Labute approximate surface area is 174 Å². The summed E-state index contributed by atoms with van der Waals surface area (Å²) in [7, 11) is -2.19. The van der Waals surface area contributed by atoms with E-state index < -0.39 is 7.26 Å². The van der Waals surface area contributed by atoms with E-state index in [-0.39, 0.29) is 11.2 Å². The topological polar surface area (TPSA) is 17.1 Å². The van der Waals surface area contributed by atoms with Gasteiger partial charge in [-0.25, -0.2) is 0 Å². The van der Waals surface area contributed by atoms with Crippen molar-refractivity contribution < 1.29 is 4.79 Å². The number of hydrogen-bond donors (Lipinski definition) is 0. The van der Waals surface area contributed by atoms with Crippen LogP contribution >= 0.6 is 7.26 Å². The van der Waals surface area contributed by atoms with Gasteiger partial charge in [0.05, 0.1) is 5.31 Å². The van der Waals surface area contributed by atoms with Crippen LogP contribution in [0.5, 0.6) is 0 Å². The number of rotatable bonds is 4. The van der Waals surface area contributed by atoms with E-state index in [4.69, 9.17) is 0 Å². The van der Waals surface area contributed by atoms with Crippen molar-refractivity contribution in [2.45, 2.75) is 34.1 Å². The molecular weight excluding hydrogens is 371 g/mol. The molecule has 4 rings (SSSR count). The minimum atomic E-state index is -2.19. The lowest BCUT2D eigenvalue weighted by Gasteiger charge is -2.35. The highest BCUT2D eigenvalue weighted by molar-refractivity contribution is 7.99. The largest absolute Gasteiger partial charge is 0.294 e. The van der Waals surface area contributed by atoms with Crippen LogP contribution in [0, 0.1) is 12.3 Å². The van der Waals surface area contributed by atoms with Crippen LogP contribution in [0.3, 0.4) is 0 Å². The molecule has 0 heterocycles. The minimum absolute atomic E-state index is 0.178. The molecular formula is C27H28OP+. The molecule has 0 bridgehead atoms. The van der Waals surface area contributed by atoms with Crippen molar-refractivity contribution in [3.63, 3.8) is 0 Å². The molecule has 0 amide bonds. The fourth-order valence-electron chi connectivity index (χ4n) is 5.01. The van der Waals surface area contributed by atoms with Gasteiger partial charge in [-0.3, -0.25) is 4.79 Å². The van der Waals surface area contributed by atoms with Crippen LogP contribution in [0.1, 0.15) is 32.8 Å². The third-order valence-electron chi connectivity index (χ3n) is 6.12. The van der Waals surface area contributed by atoms with Crippen molar-refractivity contribution >= 4 is 29.0 Å². The number of benzene rings is 3. The molecule has 29 heavy (non-hydrogen) atoms. The van der Waals surface area contributed by atoms with Gasteiger partial charge in [0.25, 0.3) is 0 Å². The van der Waals surface area contributed by atoms with E-state index in [2.05, 4.69) is 106 Å². The summed E-state index contributed by atoms with van der Waals surface area (Å²) in [4.78, 5) is 13.0. The molecule has 1 aliphatic carbocycles. The molecule has 0 unspecified atom stereocenters. The molecule has 3 aromatic rings. The Hall–Kier alpha value is -2.50. The Morgan fingerprint density at radius 2 is 1.21 bits per heavy atom. The maximum atomic E-state index is 13.0. The molecule has 3 aromatic carbocycles. The van der Waals surface area contributed by atoms with E-state index in [0.29, 0.717) is 6.42 Å². The molecule has 0 radical (unpaired) electrons. The summed E-state index contributed by atoms with van der Waals surface area (Å²) in [5, 5.41) is 5.33. The number of Topliss-reactive ketones (excluding diaryl/α,β-unsaturated/α-hetero) is 1.